The third-order valence-corrected chi connectivity index (χ3v) is 2.40. The highest BCUT2D eigenvalue weighted by Gasteiger charge is 2.28. The fourth-order valence-electron chi connectivity index (χ4n) is 1.47. The molecule has 0 aliphatic heterocycles. The van der Waals surface area contributed by atoms with E-state index in [4.69, 9.17) is 0 Å². The molecule has 4 heteroatoms. The molecule has 0 amide bonds. The average molecular weight is 193 g/mol. The number of hydrogen-bond donors (Lipinski definition) is 1. The molecule has 1 N–H and O–H groups in total. The molecule has 4 nitrogen and oxygen atoms in total. The molecule has 0 aromatic carbocycles. The highest BCUT2D eigenvalue weighted by atomic mass is 16.6. The lowest BCUT2D eigenvalue weighted by Gasteiger charge is -2.11. The number of nitro groups is 1. The Balaban J connectivity index is 2.30. The van der Waals surface area contributed by atoms with Gasteiger partial charge in [0.15, 0.2) is 0 Å². The van der Waals surface area contributed by atoms with E-state index in [1.165, 1.54) is 12.2 Å². The van der Waals surface area contributed by atoms with Gasteiger partial charge in [-0.3, -0.25) is 10.1 Å². The van der Waals surface area contributed by atoms with Crippen molar-refractivity contribution >= 4 is 0 Å². The molecule has 0 bridgehead atoms. The van der Waals surface area contributed by atoms with E-state index >= 15 is 0 Å². The van der Waals surface area contributed by atoms with Crippen LogP contribution in [0.1, 0.15) is 12.8 Å². The van der Waals surface area contributed by atoms with Crippen LogP contribution in [0.3, 0.4) is 0 Å². The van der Waals surface area contributed by atoms with Crippen LogP contribution < -0.4 is 0 Å². The van der Waals surface area contributed by atoms with Crippen molar-refractivity contribution in [3.63, 3.8) is 0 Å². The van der Waals surface area contributed by atoms with E-state index in [2.05, 4.69) is 0 Å². The van der Waals surface area contributed by atoms with E-state index in [1.54, 1.807) is 6.08 Å². The fourth-order valence-corrected chi connectivity index (χ4v) is 1.47. The minimum absolute atomic E-state index is 0.0203. The zero-order valence-corrected chi connectivity index (χ0v) is 7.59. The Hall–Kier alpha value is -1.42. The van der Waals surface area contributed by atoms with Gasteiger partial charge < -0.3 is 5.11 Å². The lowest BCUT2D eigenvalue weighted by Crippen LogP contribution is -2.16. The number of aliphatic hydroxyl groups is 1. The summed E-state index contributed by atoms with van der Waals surface area (Å²) < 4.78 is 0. The molecule has 0 aromatic heterocycles. The monoisotopic (exact) mass is 193 g/mol. The smallest absolute Gasteiger partial charge is 0.275 e. The van der Waals surface area contributed by atoms with Crippen molar-refractivity contribution in [3.8, 4) is 0 Å². The van der Waals surface area contributed by atoms with Crippen LogP contribution in [0.5, 0.6) is 0 Å². The van der Waals surface area contributed by atoms with E-state index in [-0.39, 0.29) is 5.70 Å². The van der Waals surface area contributed by atoms with E-state index in [9.17, 15) is 15.2 Å². The molecule has 1 fully saturated rings. The highest BCUT2D eigenvalue weighted by Crippen LogP contribution is 2.34. The Labute approximate surface area is 81.4 Å². The topological polar surface area (TPSA) is 63.4 Å². The summed E-state index contributed by atoms with van der Waals surface area (Å²) in [6.45, 7) is 0. The van der Waals surface area contributed by atoms with Crippen LogP contribution in [0.2, 0.25) is 0 Å². The summed E-state index contributed by atoms with van der Waals surface area (Å²) >= 11 is 0. The standard InChI is InChI=1S/C10H11NO3/c12-10-3-1-2-9(11(13)14)8(10)6-7-4-5-7/h1-3,6-7,10,12H,4-5H2. The number of rotatable bonds is 2. The van der Waals surface area contributed by atoms with Gasteiger partial charge in [-0.2, -0.15) is 0 Å². The van der Waals surface area contributed by atoms with Gasteiger partial charge in [-0.25, -0.2) is 0 Å². The molecule has 0 spiro atoms. The van der Waals surface area contributed by atoms with Crippen LogP contribution in [0.15, 0.2) is 35.6 Å². The molecule has 0 aromatic rings. The quantitative estimate of drug-likeness (QED) is 0.532. The van der Waals surface area contributed by atoms with Crippen LogP contribution in [-0.4, -0.2) is 16.1 Å². The van der Waals surface area contributed by atoms with Crippen molar-refractivity contribution in [2.75, 3.05) is 0 Å². The van der Waals surface area contributed by atoms with Crippen LogP contribution in [0.25, 0.3) is 0 Å². The molecular weight excluding hydrogens is 182 g/mol. The van der Waals surface area contributed by atoms with Crippen molar-refractivity contribution in [1.29, 1.82) is 0 Å². The Morgan fingerprint density at radius 1 is 1.57 bits per heavy atom. The Morgan fingerprint density at radius 3 is 2.86 bits per heavy atom. The molecule has 2 aliphatic carbocycles. The Bertz CT molecular complexity index is 350. The summed E-state index contributed by atoms with van der Waals surface area (Å²) in [5.41, 5.74) is 0.465. The lowest BCUT2D eigenvalue weighted by atomic mass is 10.00. The van der Waals surface area contributed by atoms with Crippen molar-refractivity contribution in [3.05, 3.63) is 45.7 Å². The van der Waals surface area contributed by atoms with Crippen molar-refractivity contribution < 1.29 is 10.0 Å². The molecule has 0 heterocycles. The van der Waals surface area contributed by atoms with Crippen molar-refractivity contribution in [2.24, 2.45) is 5.92 Å². The molecule has 74 valence electrons. The predicted molar refractivity (Wildman–Crippen MR) is 51.0 cm³/mol. The molecule has 0 saturated heterocycles. The van der Waals surface area contributed by atoms with Gasteiger partial charge in [0.25, 0.3) is 5.70 Å². The van der Waals surface area contributed by atoms with Crippen LogP contribution >= 0.6 is 0 Å². The zero-order valence-electron chi connectivity index (χ0n) is 7.59. The summed E-state index contributed by atoms with van der Waals surface area (Å²) in [5, 5.41) is 20.2. The first-order valence-corrected chi connectivity index (χ1v) is 4.61. The third kappa shape index (κ3) is 1.75. The van der Waals surface area contributed by atoms with Gasteiger partial charge >= 0.3 is 0 Å². The first-order chi connectivity index (χ1) is 6.68. The molecule has 2 aliphatic rings. The Morgan fingerprint density at radius 2 is 2.29 bits per heavy atom. The SMILES string of the molecule is O=[N+]([O-])C1=CC=CC(O)C1=CC1CC1. The second-order valence-corrected chi connectivity index (χ2v) is 3.60. The van der Waals surface area contributed by atoms with Crippen LogP contribution in [0, 0.1) is 16.0 Å². The van der Waals surface area contributed by atoms with Crippen molar-refractivity contribution in [1.82, 2.24) is 0 Å². The van der Waals surface area contributed by atoms with Gasteiger partial charge in [0.1, 0.15) is 6.10 Å². The molecular formula is C10H11NO3. The van der Waals surface area contributed by atoms with Crippen LogP contribution in [0.4, 0.5) is 0 Å². The van der Waals surface area contributed by atoms with Gasteiger partial charge in [-0.05, 0) is 18.8 Å². The fraction of sp³-hybridized carbons (Fsp3) is 0.400. The summed E-state index contributed by atoms with van der Waals surface area (Å²) in [6, 6.07) is 0. The highest BCUT2D eigenvalue weighted by molar-refractivity contribution is 5.39. The number of hydrogen-bond acceptors (Lipinski definition) is 3. The van der Waals surface area contributed by atoms with E-state index < -0.39 is 11.0 Å². The maximum Gasteiger partial charge on any atom is 0.275 e. The first kappa shape index (κ1) is 9.15. The van der Waals surface area contributed by atoms with Crippen molar-refractivity contribution in [2.45, 2.75) is 18.9 Å². The minimum atomic E-state index is -0.819. The molecule has 2 rings (SSSR count). The molecule has 1 unspecified atom stereocenters. The third-order valence-electron chi connectivity index (χ3n) is 2.40. The summed E-state index contributed by atoms with van der Waals surface area (Å²) in [6.07, 6.45) is 7.66. The van der Waals surface area contributed by atoms with Gasteiger partial charge in [0.2, 0.25) is 0 Å². The summed E-state index contributed by atoms with van der Waals surface area (Å²) in [7, 11) is 0. The largest absolute Gasteiger partial charge is 0.384 e. The summed E-state index contributed by atoms with van der Waals surface area (Å²) in [5.74, 6) is 0.425. The predicted octanol–water partition coefficient (Wildman–Crippen LogP) is 1.41. The summed E-state index contributed by atoms with van der Waals surface area (Å²) in [4.78, 5) is 10.2. The zero-order chi connectivity index (χ0) is 10.1. The van der Waals surface area contributed by atoms with Gasteiger partial charge in [-0.15, -0.1) is 0 Å². The molecule has 1 saturated carbocycles. The molecule has 0 radical (unpaired) electrons. The molecule has 1 atom stereocenters. The number of aliphatic hydroxyl groups excluding tert-OH is 1. The molecule has 14 heavy (non-hydrogen) atoms. The number of nitrogens with zero attached hydrogens (tertiary/aromatic N) is 1. The average Bonchev–Trinajstić information content (AvgIpc) is 2.91. The van der Waals surface area contributed by atoms with Gasteiger partial charge in [-0.1, -0.05) is 18.2 Å². The van der Waals surface area contributed by atoms with Gasteiger partial charge in [0.05, 0.1) is 10.5 Å². The van der Waals surface area contributed by atoms with Crippen LogP contribution in [-0.2, 0) is 0 Å². The van der Waals surface area contributed by atoms with E-state index in [0.29, 0.717) is 11.5 Å². The second kappa shape index (κ2) is 3.38. The van der Waals surface area contributed by atoms with E-state index in [1.807, 2.05) is 6.08 Å². The first-order valence-electron chi connectivity index (χ1n) is 4.61. The Kier molecular flexibility index (Phi) is 2.21. The lowest BCUT2D eigenvalue weighted by molar-refractivity contribution is -0.421. The number of allylic oxidation sites excluding steroid dienone is 3. The maximum atomic E-state index is 10.7. The van der Waals surface area contributed by atoms with Gasteiger partial charge in [0, 0.05) is 6.08 Å². The normalized spacial score (nSPS) is 29.1. The minimum Gasteiger partial charge on any atom is -0.384 e. The second-order valence-electron chi connectivity index (χ2n) is 3.60. The van der Waals surface area contributed by atoms with E-state index in [0.717, 1.165) is 12.8 Å². The maximum absolute atomic E-state index is 10.7.